The number of hydrogen-bond donors (Lipinski definition) is 0. The van der Waals surface area contributed by atoms with Crippen LogP contribution in [0.3, 0.4) is 0 Å². The van der Waals surface area contributed by atoms with Crippen molar-refractivity contribution in [2.24, 2.45) is 0 Å². The lowest BCUT2D eigenvalue weighted by atomic mass is 10.2. The lowest BCUT2D eigenvalue weighted by Gasteiger charge is -2.10. The van der Waals surface area contributed by atoms with Gasteiger partial charge in [0.2, 0.25) is 0 Å². The molecule has 0 aliphatic carbocycles. The Bertz CT molecular complexity index is 540. The molecule has 0 amide bonds. The molecule has 1 heterocycles. The molecule has 4 nitrogen and oxygen atoms in total. The molecule has 0 fully saturated rings. The van der Waals surface area contributed by atoms with Crippen LogP contribution in [0.1, 0.15) is 18.3 Å². The van der Waals surface area contributed by atoms with Gasteiger partial charge in [0.15, 0.2) is 0 Å². The van der Waals surface area contributed by atoms with E-state index in [4.69, 9.17) is 9.47 Å². The molecule has 0 spiro atoms. The van der Waals surface area contributed by atoms with Gasteiger partial charge < -0.3 is 14.0 Å². The van der Waals surface area contributed by atoms with E-state index >= 15 is 0 Å². The van der Waals surface area contributed by atoms with Crippen LogP contribution in [0.15, 0.2) is 35.1 Å². The fourth-order valence-corrected chi connectivity index (χ4v) is 2.27. The molecule has 2 rings (SSSR count). The smallest absolute Gasteiger partial charge is 0.135 e. The highest BCUT2D eigenvalue weighted by atomic mass is 79.9. The third kappa shape index (κ3) is 3.58. The Morgan fingerprint density at radius 3 is 2.89 bits per heavy atom. The van der Waals surface area contributed by atoms with Gasteiger partial charge in [-0.05, 0) is 24.6 Å². The van der Waals surface area contributed by atoms with Crippen LogP contribution < -0.4 is 4.74 Å². The quantitative estimate of drug-likeness (QED) is 0.818. The summed E-state index contributed by atoms with van der Waals surface area (Å²) >= 11 is 3.57. The van der Waals surface area contributed by atoms with Crippen molar-refractivity contribution in [2.75, 3.05) is 13.7 Å². The first-order chi connectivity index (χ1) is 9.24. The summed E-state index contributed by atoms with van der Waals surface area (Å²) in [6.45, 7) is 3.97. The molecule has 0 N–H and O–H groups in total. The van der Waals surface area contributed by atoms with E-state index in [1.54, 1.807) is 13.3 Å². The minimum Gasteiger partial charge on any atom is -0.497 e. The number of imidazole rings is 1. The van der Waals surface area contributed by atoms with Gasteiger partial charge in [0.05, 0.1) is 7.11 Å². The average Bonchev–Trinajstić information content (AvgIpc) is 2.86. The first-order valence-corrected chi connectivity index (χ1v) is 6.94. The molecule has 19 heavy (non-hydrogen) atoms. The summed E-state index contributed by atoms with van der Waals surface area (Å²) in [7, 11) is 1.66. The van der Waals surface area contributed by atoms with E-state index in [9.17, 15) is 0 Å². The minimum absolute atomic E-state index is 0.539. The number of benzene rings is 1. The predicted molar refractivity (Wildman–Crippen MR) is 77.4 cm³/mol. The first-order valence-electron chi connectivity index (χ1n) is 6.14. The van der Waals surface area contributed by atoms with Crippen molar-refractivity contribution in [3.05, 3.63) is 46.5 Å². The standard InChI is InChI=1S/C14H17BrN2O2/c1-3-19-10-14-16-6-7-17(14)9-11-4-5-12(18-2)8-13(11)15/h4-8H,3,9-10H2,1-2H3. The summed E-state index contributed by atoms with van der Waals surface area (Å²) in [6, 6.07) is 5.97. The molecular weight excluding hydrogens is 308 g/mol. The van der Waals surface area contributed by atoms with Gasteiger partial charge in [-0.1, -0.05) is 22.0 Å². The fourth-order valence-electron chi connectivity index (χ4n) is 1.78. The molecule has 102 valence electrons. The van der Waals surface area contributed by atoms with E-state index in [0.29, 0.717) is 13.2 Å². The Balaban J connectivity index is 2.14. The lowest BCUT2D eigenvalue weighted by Crippen LogP contribution is -2.06. The molecule has 1 aromatic heterocycles. The van der Waals surface area contributed by atoms with Crippen LogP contribution in [-0.4, -0.2) is 23.3 Å². The van der Waals surface area contributed by atoms with Gasteiger partial charge in [-0.2, -0.15) is 0 Å². The van der Waals surface area contributed by atoms with Crippen molar-refractivity contribution in [3.63, 3.8) is 0 Å². The zero-order chi connectivity index (χ0) is 13.7. The Kier molecular flexibility index (Phi) is 4.99. The highest BCUT2D eigenvalue weighted by molar-refractivity contribution is 9.10. The SMILES string of the molecule is CCOCc1nccn1Cc1ccc(OC)cc1Br. The van der Waals surface area contributed by atoms with Gasteiger partial charge >= 0.3 is 0 Å². The average molecular weight is 325 g/mol. The Labute approximate surface area is 121 Å². The molecule has 2 aromatic rings. The third-order valence-corrected chi connectivity index (χ3v) is 3.58. The van der Waals surface area contributed by atoms with Gasteiger partial charge in [0.25, 0.3) is 0 Å². The zero-order valence-electron chi connectivity index (χ0n) is 11.1. The maximum absolute atomic E-state index is 5.41. The Hall–Kier alpha value is -1.33. The van der Waals surface area contributed by atoms with Gasteiger partial charge in [-0.25, -0.2) is 4.98 Å². The summed E-state index contributed by atoms with van der Waals surface area (Å²) in [5, 5.41) is 0. The zero-order valence-corrected chi connectivity index (χ0v) is 12.7. The second kappa shape index (κ2) is 6.73. The highest BCUT2D eigenvalue weighted by Crippen LogP contribution is 2.24. The fraction of sp³-hybridized carbons (Fsp3) is 0.357. The minimum atomic E-state index is 0.539. The maximum Gasteiger partial charge on any atom is 0.135 e. The molecule has 0 saturated carbocycles. The van der Waals surface area contributed by atoms with E-state index in [1.165, 1.54) is 5.56 Å². The molecule has 5 heteroatoms. The Morgan fingerprint density at radius 2 is 2.21 bits per heavy atom. The lowest BCUT2D eigenvalue weighted by molar-refractivity contribution is 0.126. The number of ether oxygens (including phenoxy) is 2. The van der Waals surface area contributed by atoms with Crippen molar-refractivity contribution in [1.82, 2.24) is 9.55 Å². The molecule has 0 saturated heterocycles. The predicted octanol–water partition coefficient (Wildman–Crippen LogP) is 3.24. The van der Waals surface area contributed by atoms with Crippen molar-refractivity contribution in [2.45, 2.75) is 20.1 Å². The summed E-state index contributed by atoms with van der Waals surface area (Å²) in [5.41, 5.74) is 1.18. The van der Waals surface area contributed by atoms with Crippen LogP contribution in [0.5, 0.6) is 5.75 Å². The second-order valence-electron chi connectivity index (χ2n) is 4.07. The summed E-state index contributed by atoms with van der Waals surface area (Å²) < 4.78 is 13.7. The summed E-state index contributed by atoms with van der Waals surface area (Å²) in [4.78, 5) is 4.31. The van der Waals surface area contributed by atoms with Crippen molar-refractivity contribution >= 4 is 15.9 Å². The monoisotopic (exact) mass is 324 g/mol. The van der Waals surface area contributed by atoms with E-state index in [-0.39, 0.29) is 0 Å². The van der Waals surface area contributed by atoms with E-state index in [2.05, 4.69) is 25.5 Å². The van der Waals surface area contributed by atoms with Gasteiger partial charge in [-0.3, -0.25) is 0 Å². The summed E-state index contributed by atoms with van der Waals surface area (Å²) in [5.74, 6) is 1.78. The molecule has 0 unspecified atom stereocenters. The molecule has 0 radical (unpaired) electrons. The van der Waals surface area contributed by atoms with Gasteiger partial charge in [0, 0.05) is 30.0 Å². The number of halogens is 1. The molecule has 0 aliphatic rings. The van der Waals surface area contributed by atoms with Crippen LogP contribution in [0.4, 0.5) is 0 Å². The third-order valence-electron chi connectivity index (χ3n) is 2.84. The summed E-state index contributed by atoms with van der Waals surface area (Å²) in [6.07, 6.45) is 3.76. The number of methoxy groups -OCH3 is 1. The van der Waals surface area contributed by atoms with Gasteiger partial charge in [0.1, 0.15) is 18.2 Å². The largest absolute Gasteiger partial charge is 0.497 e. The number of hydrogen-bond acceptors (Lipinski definition) is 3. The number of rotatable bonds is 6. The highest BCUT2D eigenvalue weighted by Gasteiger charge is 2.07. The van der Waals surface area contributed by atoms with E-state index < -0.39 is 0 Å². The van der Waals surface area contributed by atoms with Gasteiger partial charge in [-0.15, -0.1) is 0 Å². The van der Waals surface area contributed by atoms with E-state index in [0.717, 1.165) is 22.6 Å². The topological polar surface area (TPSA) is 36.3 Å². The maximum atomic E-state index is 5.41. The molecule has 1 aromatic carbocycles. The van der Waals surface area contributed by atoms with Crippen LogP contribution in [0.2, 0.25) is 0 Å². The normalized spacial score (nSPS) is 10.7. The van der Waals surface area contributed by atoms with Crippen molar-refractivity contribution in [3.8, 4) is 5.75 Å². The Morgan fingerprint density at radius 1 is 1.37 bits per heavy atom. The number of aromatic nitrogens is 2. The van der Waals surface area contributed by atoms with Crippen LogP contribution in [0, 0.1) is 0 Å². The van der Waals surface area contributed by atoms with Crippen molar-refractivity contribution < 1.29 is 9.47 Å². The molecular formula is C14H17BrN2O2. The second-order valence-corrected chi connectivity index (χ2v) is 4.92. The van der Waals surface area contributed by atoms with Crippen molar-refractivity contribution in [1.29, 1.82) is 0 Å². The first kappa shape index (κ1) is 14.1. The van der Waals surface area contributed by atoms with Crippen LogP contribution in [-0.2, 0) is 17.9 Å². The van der Waals surface area contributed by atoms with Crippen LogP contribution >= 0.6 is 15.9 Å². The van der Waals surface area contributed by atoms with E-state index in [1.807, 2.05) is 31.3 Å². The molecule has 0 bridgehead atoms. The number of nitrogens with zero attached hydrogens (tertiary/aromatic N) is 2. The molecule has 0 atom stereocenters. The molecule has 0 aliphatic heterocycles. The van der Waals surface area contributed by atoms with Crippen LogP contribution in [0.25, 0.3) is 0 Å².